The Morgan fingerprint density at radius 3 is 2.31 bits per heavy atom. The smallest absolute Gasteiger partial charge is 0.127 e. The molecule has 1 aromatic rings. The second-order valence-corrected chi connectivity index (χ2v) is 4.88. The normalized spacial score (nSPS) is 11.2. The van der Waals surface area contributed by atoms with Crippen LogP contribution in [-0.2, 0) is 6.54 Å². The van der Waals surface area contributed by atoms with Crippen LogP contribution < -0.4 is 4.74 Å². The molecule has 0 aromatic heterocycles. The molecule has 0 aliphatic heterocycles. The van der Waals surface area contributed by atoms with Crippen LogP contribution in [-0.4, -0.2) is 26.1 Å². The summed E-state index contributed by atoms with van der Waals surface area (Å²) in [6.45, 7) is 7.50. The van der Waals surface area contributed by atoms with E-state index in [4.69, 9.17) is 4.74 Å². The number of rotatable bonds is 4. The van der Waals surface area contributed by atoms with Crippen molar-refractivity contribution in [3.8, 4) is 5.75 Å². The maximum Gasteiger partial charge on any atom is 0.127 e. The summed E-state index contributed by atoms with van der Waals surface area (Å²) in [5.74, 6) is 1.56. The van der Waals surface area contributed by atoms with Crippen molar-refractivity contribution >= 4 is 0 Å². The number of aryl methyl sites for hydroxylation is 1. The zero-order valence-electron chi connectivity index (χ0n) is 11.3. The van der Waals surface area contributed by atoms with Crippen molar-refractivity contribution in [1.82, 2.24) is 4.90 Å². The number of hydrogen-bond donors (Lipinski definition) is 0. The van der Waals surface area contributed by atoms with Crippen LogP contribution in [0, 0.1) is 6.92 Å². The fourth-order valence-corrected chi connectivity index (χ4v) is 2.17. The topological polar surface area (TPSA) is 12.5 Å². The van der Waals surface area contributed by atoms with Gasteiger partial charge >= 0.3 is 0 Å². The van der Waals surface area contributed by atoms with E-state index in [1.807, 2.05) is 0 Å². The first-order valence-corrected chi connectivity index (χ1v) is 5.78. The van der Waals surface area contributed by atoms with E-state index in [9.17, 15) is 0 Å². The summed E-state index contributed by atoms with van der Waals surface area (Å²) in [7, 11) is 5.92. The van der Waals surface area contributed by atoms with Crippen LogP contribution in [0.3, 0.4) is 0 Å². The number of benzene rings is 1. The molecule has 1 rings (SSSR count). The highest BCUT2D eigenvalue weighted by Crippen LogP contribution is 2.33. The second-order valence-electron chi connectivity index (χ2n) is 4.88. The van der Waals surface area contributed by atoms with Crippen LogP contribution in [0.25, 0.3) is 0 Å². The molecule has 0 N–H and O–H groups in total. The fraction of sp³-hybridized carbons (Fsp3) is 0.571. The largest absolute Gasteiger partial charge is 0.496 e. The quantitative estimate of drug-likeness (QED) is 0.774. The van der Waals surface area contributed by atoms with Crippen LogP contribution in [0.15, 0.2) is 12.1 Å². The second kappa shape index (κ2) is 5.35. The Hall–Kier alpha value is -1.02. The third kappa shape index (κ3) is 2.76. The van der Waals surface area contributed by atoms with Crippen molar-refractivity contribution < 1.29 is 4.74 Å². The average molecular weight is 221 g/mol. The van der Waals surface area contributed by atoms with E-state index < -0.39 is 0 Å². The van der Waals surface area contributed by atoms with Gasteiger partial charge in [-0.2, -0.15) is 0 Å². The number of nitrogens with zero attached hydrogens (tertiary/aromatic N) is 1. The summed E-state index contributed by atoms with van der Waals surface area (Å²) in [5, 5.41) is 0. The molecule has 1 aromatic carbocycles. The highest BCUT2D eigenvalue weighted by atomic mass is 16.5. The molecule has 0 saturated heterocycles. The van der Waals surface area contributed by atoms with E-state index in [0.29, 0.717) is 5.92 Å². The Labute approximate surface area is 99.2 Å². The molecule has 2 heteroatoms. The van der Waals surface area contributed by atoms with E-state index in [0.717, 1.165) is 12.3 Å². The number of ether oxygens (including phenoxy) is 1. The average Bonchev–Trinajstić information content (AvgIpc) is 2.18. The van der Waals surface area contributed by atoms with Gasteiger partial charge in [0.15, 0.2) is 0 Å². The van der Waals surface area contributed by atoms with Gasteiger partial charge in [-0.1, -0.05) is 26.0 Å². The molecular weight excluding hydrogens is 198 g/mol. The van der Waals surface area contributed by atoms with Crippen molar-refractivity contribution in [3.05, 3.63) is 28.8 Å². The molecule has 2 nitrogen and oxygen atoms in total. The minimum Gasteiger partial charge on any atom is -0.496 e. The first kappa shape index (κ1) is 13.0. The predicted octanol–water partition coefficient (Wildman–Crippen LogP) is 3.19. The van der Waals surface area contributed by atoms with E-state index in [1.165, 1.54) is 16.7 Å². The van der Waals surface area contributed by atoms with Gasteiger partial charge in [-0.05, 0) is 38.1 Å². The van der Waals surface area contributed by atoms with Crippen LogP contribution in [0.1, 0.15) is 36.5 Å². The summed E-state index contributed by atoms with van der Waals surface area (Å²) in [5.41, 5.74) is 3.91. The zero-order valence-corrected chi connectivity index (χ0v) is 11.3. The fourth-order valence-electron chi connectivity index (χ4n) is 2.17. The molecule has 0 fully saturated rings. The molecule has 16 heavy (non-hydrogen) atoms. The van der Waals surface area contributed by atoms with Crippen LogP contribution in [0.2, 0.25) is 0 Å². The van der Waals surface area contributed by atoms with Crippen LogP contribution in [0.4, 0.5) is 0 Å². The van der Waals surface area contributed by atoms with Gasteiger partial charge in [0.1, 0.15) is 5.75 Å². The van der Waals surface area contributed by atoms with Gasteiger partial charge in [0.2, 0.25) is 0 Å². The maximum absolute atomic E-state index is 5.59. The Kier molecular flexibility index (Phi) is 4.36. The molecule has 0 aliphatic rings. The summed E-state index contributed by atoms with van der Waals surface area (Å²) in [6, 6.07) is 4.36. The number of methoxy groups -OCH3 is 1. The van der Waals surface area contributed by atoms with Crippen molar-refractivity contribution in [3.63, 3.8) is 0 Å². The summed E-state index contributed by atoms with van der Waals surface area (Å²) in [4.78, 5) is 2.16. The molecule has 0 heterocycles. The van der Waals surface area contributed by atoms with Crippen molar-refractivity contribution in [1.29, 1.82) is 0 Å². The zero-order chi connectivity index (χ0) is 12.3. The van der Waals surface area contributed by atoms with E-state index in [1.54, 1.807) is 7.11 Å². The molecule has 90 valence electrons. The minimum absolute atomic E-state index is 0.497. The van der Waals surface area contributed by atoms with E-state index >= 15 is 0 Å². The SMILES string of the molecule is COc1c(CN(C)C)ccc(C)c1C(C)C. The summed E-state index contributed by atoms with van der Waals surface area (Å²) >= 11 is 0. The lowest BCUT2D eigenvalue weighted by Crippen LogP contribution is -2.13. The standard InChI is InChI=1S/C14H23NO/c1-10(2)13-11(3)7-8-12(9-15(4)5)14(13)16-6/h7-8,10H,9H2,1-6H3. The molecular formula is C14H23NO. The van der Waals surface area contributed by atoms with Crippen molar-refractivity contribution in [2.75, 3.05) is 21.2 Å². The lowest BCUT2D eigenvalue weighted by Gasteiger charge is -2.20. The molecule has 0 aliphatic carbocycles. The van der Waals surface area contributed by atoms with Crippen LogP contribution in [0.5, 0.6) is 5.75 Å². The van der Waals surface area contributed by atoms with Gasteiger partial charge < -0.3 is 9.64 Å². The molecule has 0 amide bonds. The Morgan fingerprint density at radius 1 is 1.25 bits per heavy atom. The highest BCUT2D eigenvalue weighted by Gasteiger charge is 2.14. The van der Waals surface area contributed by atoms with Gasteiger partial charge in [0.05, 0.1) is 7.11 Å². The molecule has 0 bridgehead atoms. The van der Waals surface area contributed by atoms with Crippen molar-refractivity contribution in [2.24, 2.45) is 0 Å². The molecule has 0 radical (unpaired) electrons. The monoisotopic (exact) mass is 221 g/mol. The highest BCUT2D eigenvalue weighted by molar-refractivity contribution is 5.47. The van der Waals surface area contributed by atoms with Gasteiger partial charge in [0.25, 0.3) is 0 Å². The van der Waals surface area contributed by atoms with E-state index in [2.05, 4.69) is 51.9 Å². The molecule has 0 atom stereocenters. The third-order valence-corrected chi connectivity index (χ3v) is 2.76. The van der Waals surface area contributed by atoms with Gasteiger partial charge in [0, 0.05) is 12.1 Å². The van der Waals surface area contributed by atoms with Crippen LogP contribution >= 0.6 is 0 Å². The first-order valence-electron chi connectivity index (χ1n) is 5.78. The lowest BCUT2D eigenvalue weighted by atomic mass is 9.94. The lowest BCUT2D eigenvalue weighted by molar-refractivity contribution is 0.367. The predicted molar refractivity (Wildman–Crippen MR) is 69.2 cm³/mol. The molecule has 0 spiro atoms. The van der Waals surface area contributed by atoms with E-state index in [-0.39, 0.29) is 0 Å². The first-order chi connectivity index (χ1) is 7.47. The Bertz CT molecular complexity index is 356. The minimum atomic E-state index is 0.497. The molecule has 0 saturated carbocycles. The third-order valence-electron chi connectivity index (χ3n) is 2.76. The Morgan fingerprint density at radius 2 is 1.88 bits per heavy atom. The van der Waals surface area contributed by atoms with Gasteiger partial charge in [-0.25, -0.2) is 0 Å². The summed E-state index contributed by atoms with van der Waals surface area (Å²) < 4.78 is 5.59. The summed E-state index contributed by atoms with van der Waals surface area (Å²) in [6.07, 6.45) is 0. The maximum atomic E-state index is 5.59. The molecule has 0 unspecified atom stereocenters. The van der Waals surface area contributed by atoms with Gasteiger partial charge in [-0.15, -0.1) is 0 Å². The van der Waals surface area contributed by atoms with Crippen molar-refractivity contribution in [2.45, 2.75) is 33.2 Å². The number of hydrogen-bond acceptors (Lipinski definition) is 2. The van der Waals surface area contributed by atoms with Gasteiger partial charge in [-0.3, -0.25) is 0 Å². The Balaban J connectivity index is 3.25.